The van der Waals surface area contributed by atoms with Crippen molar-refractivity contribution in [1.82, 2.24) is 4.90 Å². The van der Waals surface area contributed by atoms with Crippen LogP contribution < -0.4 is 0 Å². The summed E-state index contributed by atoms with van der Waals surface area (Å²) in [6, 6.07) is 7.98. The van der Waals surface area contributed by atoms with Crippen molar-refractivity contribution in [3.05, 3.63) is 64.8 Å². The second-order valence-electron chi connectivity index (χ2n) is 5.59. The predicted octanol–water partition coefficient (Wildman–Crippen LogP) is 2.18. The molecule has 22 heavy (non-hydrogen) atoms. The molecule has 3 rings (SSSR count). The molecule has 0 N–H and O–H groups in total. The molecule has 0 atom stereocenters. The fourth-order valence-electron chi connectivity index (χ4n) is 2.62. The first-order chi connectivity index (χ1) is 10.6. The molecule has 0 saturated carbocycles. The standard InChI is InChI=1S/C18H16N2O2/c1-20(2)11-12-6-8-13(9-7-12)15-10-19-18(22)14-4-3-5-16(21)17(14)15/h3-10H,11H2,1-2H3. The van der Waals surface area contributed by atoms with E-state index in [-0.39, 0.29) is 11.7 Å². The fraction of sp³-hybridized carbons (Fsp3) is 0.167. The molecule has 0 unspecified atom stereocenters. The number of rotatable bonds is 3. The van der Waals surface area contributed by atoms with Crippen LogP contribution in [0, 0.1) is 0 Å². The van der Waals surface area contributed by atoms with E-state index in [0.29, 0.717) is 16.7 Å². The lowest BCUT2D eigenvalue weighted by molar-refractivity contribution is -0.116. The Morgan fingerprint density at radius 2 is 1.82 bits per heavy atom. The Kier molecular flexibility index (Phi) is 3.69. The van der Waals surface area contributed by atoms with E-state index in [2.05, 4.69) is 9.89 Å². The number of nitrogens with zero attached hydrogens (tertiary/aromatic N) is 2. The number of amides is 1. The van der Waals surface area contributed by atoms with E-state index in [4.69, 9.17) is 0 Å². The van der Waals surface area contributed by atoms with Gasteiger partial charge in [0.1, 0.15) is 0 Å². The van der Waals surface area contributed by atoms with Gasteiger partial charge in [-0.3, -0.25) is 9.59 Å². The summed E-state index contributed by atoms with van der Waals surface area (Å²) in [5, 5.41) is 0. The number of benzene rings is 1. The number of ketones is 1. The van der Waals surface area contributed by atoms with Crippen LogP contribution in [0.15, 0.2) is 58.6 Å². The molecule has 1 aromatic carbocycles. The van der Waals surface area contributed by atoms with Crippen molar-refractivity contribution >= 4 is 23.5 Å². The van der Waals surface area contributed by atoms with Crippen LogP contribution in [0.3, 0.4) is 0 Å². The van der Waals surface area contributed by atoms with Gasteiger partial charge in [-0.25, -0.2) is 4.99 Å². The van der Waals surface area contributed by atoms with Gasteiger partial charge in [0.05, 0.1) is 5.57 Å². The van der Waals surface area contributed by atoms with Crippen LogP contribution in [-0.2, 0) is 16.1 Å². The number of hydrogen-bond acceptors (Lipinski definition) is 3. The minimum absolute atomic E-state index is 0.149. The minimum atomic E-state index is -0.360. The van der Waals surface area contributed by atoms with Crippen molar-refractivity contribution in [1.29, 1.82) is 0 Å². The van der Waals surface area contributed by atoms with Crippen molar-refractivity contribution in [3.8, 4) is 0 Å². The molecule has 1 aliphatic heterocycles. The SMILES string of the molecule is CN(C)Cc1ccc(C2=C3C(=O)C=CC=C3C(=O)N=C2)cc1. The number of fused-ring (bicyclic) bond motifs is 1. The highest BCUT2D eigenvalue weighted by molar-refractivity contribution is 6.33. The summed E-state index contributed by atoms with van der Waals surface area (Å²) in [5.41, 5.74) is 3.61. The van der Waals surface area contributed by atoms with Gasteiger partial charge in [-0.15, -0.1) is 0 Å². The van der Waals surface area contributed by atoms with Crippen LogP contribution in [0.2, 0.25) is 0 Å². The molecule has 1 amide bonds. The van der Waals surface area contributed by atoms with E-state index < -0.39 is 0 Å². The molecule has 0 aromatic heterocycles. The van der Waals surface area contributed by atoms with Gasteiger partial charge >= 0.3 is 0 Å². The van der Waals surface area contributed by atoms with Crippen LogP contribution in [0.5, 0.6) is 0 Å². The van der Waals surface area contributed by atoms with Crippen LogP contribution in [0.1, 0.15) is 11.1 Å². The zero-order valence-electron chi connectivity index (χ0n) is 12.5. The third-order valence-corrected chi connectivity index (χ3v) is 3.60. The molecule has 1 aliphatic carbocycles. The highest BCUT2D eigenvalue weighted by Crippen LogP contribution is 2.30. The highest BCUT2D eigenvalue weighted by atomic mass is 16.1. The topological polar surface area (TPSA) is 49.7 Å². The van der Waals surface area contributed by atoms with Crippen LogP contribution >= 0.6 is 0 Å². The summed E-state index contributed by atoms with van der Waals surface area (Å²) in [7, 11) is 4.03. The molecule has 110 valence electrons. The fourth-order valence-corrected chi connectivity index (χ4v) is 2.62. The summed E-state index contributed by atoms with van der Waals surface area (Å²) < 4.78 is 0. The zero-order valence-corrected chi connectivity index (χ0v) is 12.5. The van der Waals surface area contributed by atoms with E-state index in [1.54, 1.807) is 12.2 Å². The normalized spacial score (nSPS) is 17.1. The second-order valence-corrected chi connectivity index (χ2v) is 5.59. The summed E-state index contributed by atoms with van der Waals surface area (Å²) in [6.45, 7) is 0.853. The molecule has 1 aromatic rings. The third kappa shape index (κ3) is 2.61. The maximum absolute atomic E-state index is 12.2. The number of carbonyl (C=O) groups is 2. The number of dihydropyridines is 1. The van der Waals surface area contributed by atoms with Gasteiger partial charge in [0, 0.05) is 23.9 Å². The van der Waals surface area contributed by atoms with Crippen LogP contribution in [0.4, 0.5) is 0 Å². The molecule has 0 bridgehead atoms. The Morgan fingerprint density at radius 3 is 2.50 bits per heavy atom. The van der Waals surface area contributed by atoms with Gasteiger partial charge in [0.2, 0.25) is 0 Å². The van der Waals surface area contributed by atoms with Crippen LogP contribution in [0.25, 0.3) is 5.57 Å². The largest absolute Gasteiger partial charge is 0.305 e. The molecule has 0 saturated heterocycles. The average Bonchev–Trinajstić information content (AvgIpc) is 2.49. The molecule has 2 aliphatic rings. The lowest BCUT2D eigenvalue weighted by Gasteiger charge is -2.18. The minimum Gasteiger partial charge on any atom is -0.305 e. The first-order valence-electron chi connectivity index (χ1n) is 7.06. The van der Waals surface area contributed by atoms with Crippen molar-refractivity contribution in [3.63, 3.8) is 0 Å². The van der Waals surface area contributed by atoms with Gasteiger partial charge in [-0.1, -0.05) is 30.3 Å². The van der Waals surface area contributed by atoms with Crippen molar-refractivity contribution in [2.24, 2.45) is 4.99 Å². The van der Waals surface area contributed by atoms with E-state index in [9.17, 15) is 9.59 Å². The molecule has 0 fully saturated rings. The molecule has 4 heteroatoms. The van der Waals surface area contributed by atoms with Crippen molar-refractivity contribution < 1.29 is 9.59 Å². The molecular weight excluding hydrogens is 276 g/mol. The third-order valence-electron chi connectivity index (χ3n) is 3.60. The quantitative estimate of drug-likeness (QED) is 0.858. The summed E-state index contributed by atoms with van der Waals surface area (Å²) in [5.74, 6) is -0.509. The van der Waals surface area contributed by atoms with Gasteiger partial charge in [-0.2, -0.15) is 0 Å². The van der Waals surface area contributed by atoms with E-state index in [1.165, 1.54) is 17.9 Å². The van der Waals surface area contributed by atoms with Crippen molar-refractivity contribution in [2.75, 3.05) is 14.1 Å². The first kappa shape index (κ1) is 14.4. The Morgan fingerprint density at radius 1 is 1.09 bits per heavy atom. The van der Waals surface area contributed by atoms with Crippen molar-refractivity contribution in [2.45, 2.75) is 6.54 Å². The monoisotopic (exact) mass is 292 g/mol. The Bertz CT molecular complexity index is 763. The van der Waals surface area contributed by atoms with E-state index in [0.717, 1.165) is 12.1 Å². The number of carbonyl (C=O) groups excluding carboxylic acids is 2. The van der Waals surface area contributed by atoms with E-state index in [1.807, 2.05) is 38.4 Å². The summed E-state index contributed by atoms with van der Waals surface area (Å²) >= 11 is 0. The van der Waals surface area contributed by atoms with E-state index >= 15 is 0 Å². The zero-order chi connectivity index (χ0) is 15.7. The molecule has 4 nitrogen and oxygen atoms in total. The van der Waals surface area contributed by atoms with Gasteiger partial charge in [0.15, 0.2) is 5.78 Å². The Balaban J connectivity index is 2.03. The molecular formula is C18H16N2O2. The second kappa shape index (κ2) is 5.66. The number of hydrogen-bond donors (Lipinski definition) is 0. The Labute approximate surface area is 129 Å². The smallest absolute Gasteiger partial charge is 0.277 e. The van der Waals surface area contributed by atoms with Gasteiger partial charge in [0.25, 0.3) is 5.91 Å². The highest BCUT2D eigenvalue weighted by Gasteiger charge is 2.27. The first-order valence-corrected chi connectivity index (χ1v) is 7.06. The Hall–Kier alpha value is -2.59. The maximum Gasteiger partial charge on any atom is 0.277 e. The van der Waals surface area contributed by atoms with Crippen LogP contribution in [-0.4, -0.2) is 36.9 Å². The maximum atomic E-state index is 12.2. The summed E-state index contributed by atoms with van der Waals surface area (Å²) in [6.07, 6.45) is 6.21. The number of allylic oxidation sites excluding steroid dienone is 4. The van der Waals surface area contributed by atoms with Gasteiger partial charge < -0.3 is 4.90 Å². The summed E-state index contributed by atoms with van der Waals surface area (Å²) in [4.78, 5) is 30.0. The molecule has 1 heterocycles. The molecule has 0 spiro atoms. The number of aliphatic imine (C=N–C) groups is 1. The lowest BCUT2D eigenvalue weighted by atomic mass is 9.87. The lowest BCUT2D eigenvalue weighted by Crippen LogP contribution is -2.18. The average molecular weight is 292 g/mol. The molecule has 0 radical (unpaired) electrons. The van der Waals surface area contributed by atoms with Gasteiger partial charge in [-0.05, 0) is 37.4 Å². The predicted molar refractivity (Wildman–Crippen MR) is 86.5 cm³/mol.